The third kappa shape index (κ3) is 11.5. The van der Waals surface area contributed by atoms with Gasteiger partial charge in [0.2, 0.25) is 16.6 Å². The molecule has 0 fully saturated rings. The molecule has 0 aliphatic heterocycles. The van der Waals surface area contributed by atoms with Crippen molar-refractivity contribution in [3.63, 3.8) is 0 Å². The highest BCUT2D eigenvalue weighted by molar-refractivity contribution is 7.71. The highest BCUT2D eigenvalue weighted by Crippen LogP contribution is 2.32. The fraction of sp³-hybridized carbons (Fsp3) is 0.207. The van der Waals surface area contributed by atoms with Crippen LogP contribution in [0.4, 0.5) is 5.69 Å². The summed E-state index contributed by atoms with van der Waals surface area (Å²) >= 11 is 6.01. The molecule has 0 saturated carbocycles. The van der Waals surface area contributed by atoms with Crippen LogP contribution in [-0.2, 0) is 4.79 Å². The van der Waals surface area contributed by atoms with E-state index in [0.29, 0.717) is 42.4 Å². The number of amides is 1. The van der Waals surface area contributed by atoms with Crippen LogP contribution in [0.1, 0.15) is 45.4 Å². The Morgan fingerprint density at radius 2 is 1.24 bits per heavy atom. The van der Waals surface area contributed by atoms with Crippen LogP contribution in [0.25, 0.3) is 73.5 Å². The molecule has 3 heterocycles. The number of aromatic nitrogens is 4. The number of ether oxygens (including phenoxy) is 2. The Morgan fingerprint density at radius 1 is 0.690 bits per heavy atom. The molecule has 3 aromatic heterocycles. The van der Waals surface area contributed by atoms with E-state index < -0.39 is 0 Å². The minimum Gasteiger partial charge on any atom is -0.494 e. The number of hydrogen-bond acceptors (Lipinski definition) is 10. The van der Waals surface area contributed by atoms with Crippen LogP contribution in [0.5, 0.6) is 17.4 Å². The van der Waals surface area contributed by atoms with Crippen molar-refractivity contribution in [1.29, 1.82) is 0 Å². The normalized spacial score (nSPS) is 12.0. The van der Waals surface area contributed by atoms with Crippen molar-refractivity contribution < 1.29 is 29.6 Å². The number of unbranched alkanes of at least 4 members (excludes halogenated alkanes) is 2. The number of carbonyl (C=O) groups excluding carboxylic acids is 1. The third-order valence-corrected chi connectivity index (χ3v) is 12.8. The van der Waals surface area contributed by atoms with Crippen molar-refractivity contribution in [1.82, 2.24) is 19.2 Å². The minimum atomic E-state index is -0.319. The van der Waals surface area contributed by atoms with Crippen LogP contribution < -0.4 is 30.8 Å². The summed E-state index contributed by atoms with van der Waals surface area (Å²) in [5.74, 6) is 1.16. The van der Waals surface area contributed by atoms with E-state index in [1.54, 1.807) is 4.57 Å². The number of nitrogens with one attached hydrogen (secondary N) is 2. The Bertz CT molecular complexity index is 3370. The number of aromatic hydroxyl groups is 1. The second-order valence-electron chi connectivity index (χ2n) is 17.3. The quantitative estimate of drug-likeness (QED) is 0.0368. The van der Waals surface area contributed by atoms with Crippen molar-refractivity contribution >= 4 is 46.9 Å². The summed E-state index contributed by atoms with van der Waals surface area (Å²) in [7, 11) is 0. The molecular formula is C58H56N6O6S. The molecule has 1 amide bonds. The molecular weight excluding hydrogens is 909 g/mol. The maximum absolute atomic E-state index is 13.8. The molecule has 5 aromatic carbocycles. The number of para-hydroxylation sites is 1. The molecule has 0 radical (unpaired) electrons. The van der Waals surface area contributed by atoms with E-state index >= 15 is 0 Å². The molecule has 1 aliphatic rings. The summed E-state index contributed by atoms with van der Waals surface area (Å²) in [4.78, 5) is 23.8. The zero-order valence-electron chi connectivity index (χ0n) is 39.6. The number of anilines is 1. The molecule has 0 unspecified atom stereocenters. The minimum absolute atomic E-state index is 0.105. The van der Waals surface area contributed by atoms with Gasteiger partial charge in [0.25, 0.3) is 0 Å². The van der Waals surface area contributed by atoms with Crippen LogP contribution in [0.15, 0.2) is 151 Å². The largest absolute Gasteiger partial charge is 0.494 e. The van der Waals surface area contributed by atoms with Crippen molar-refractivity contribution in [3.8, 4) is 67.8 Å². The highest BCUT2D eigenvalue weighted by Gasteiger charge is 2.17. The molecule has 0 atom stereocenters. The molecule has 12 nitrogen and oxygen atoms in total. The lowest BCUT2D eigenvalue weighted by Gasteiger charge is -2.13. The van der Waals surface area contributed by atoms with Crippen molar-refractivity contribution in [2.75, 3.05) is 43.7 Å². The van der Waals surface area contributed by atoms with E-state index in [2.05, 4.69) is 54.1 Å². The standard InChI is InChI=1S/C58H56N6O6S/c1-2-39-11-29-49-51(30-12-39)61-53(45-19-15-41(16-20-45)43-23-27-47(28-24-43)70-34-8-6-32-66)36-55(49)64-57(68)38-63(58(64)71)59-37-56(67)62-54-35-52(60-50-10-4-3-9-48(50)54)44-17-13-40(14-18-44)42-21-25-46(26-22-42)69-33-7-5-31-65/h3-4,9-10,12-30,35-36,38,59,65-66,68H,2,5-8,11,31-34,37H2,1H3,(H,60,62,67). The number of allylic oxidation sites excluding steroid dienone is 2. The lowest BCUT2D eigenvalue weighted by Crippen LogP contribution is -2.32. The fourth-order valence-electron chi connectivity index (χ4n) is 8.50. The molecule has 0 saturated heterocycles. The van der Waals surface area contributed by atoms with Crippen LogP contribution in [0.3, 0.4) is 0 Å². The first-order chi connectivity index (χ1) is 34.8. The zero-order chi connectivity index (χ0) is 49.1. The van der Waals surface area contributed by atoms with Gasteiger partial charge in [-0.15, -0.1) is 0 Å². The molecule has 9 rings (SSSR count). The lowest BCUT2D eigenvalue weighted by molar-refractivity contribution is -0.114. The van der Waals surface area contributed by atoms with E-state index in [4.69, 9.17) is 41.9 Å². The van der Waals surface area contributed by atoms with Crippen molar-refractivity contribution in [2.24, 2.45) is 0 Å². The molecule has 360 valence electrons. The lowest BCUT2D eigenvalue weighted by atomic mass is 10.0. The average molecular weight is 965 g/mol. The number of imidazole rings is 1. The second kappa shape index (κ2) is 22.7. The van der Waals surface area contributed by atoms with Gasteiger partial charge in [0, 0.05) is 34.9 Å². The van der Waals surface area contributed by atoms with Gasteiger partial charge in [-0.3, -0.25) is 9.36 Å². The molecule has 1 aliphatic carbocycles. The number of pyridine rings is 2. The average Bonchev–Trinajstić information content (AvgIpc) is 3.53. The van der Waals surface area contributed by atoms with Crippen molar-refractivity contribution in [2.45, 2.75) is 45.4 Å². The number of fused-ring (bicyclic) bond motifs is 2. The Kier molecular flexibility index (Phi) is 15.4. The molecule has 0 spiro atoms. The number of benzene rings is 5. The SMILES string of the molecule is CCC1=CC=c2nc(-c3ccc(-c4ccc(OCCCCO)cc4)cc3)cc(-n3c(O)cn(NCC(=O)Nc4cc(-c5ccc(-c6ccc(OCCCCO)cc6)cc5)nc5ccccc45)c3=S)c2=CC1. The Hall–Kier alpha value is -7.84. The predicted molar refractivity (Wildman–Crippen MR) is 285 cm³/mol. The summed E-state index contributed by atoms with van der Waals surface area (Å²) in [5.41, 5.74) is 13.8. The van der Waals surface area contributed by atoms with Gasteiger partial charge in [0.1, 0.15) is 18.0 Å². The summed E-state index contributed by atoms with van der Waals surface area (Å²) in [6.07, 6.45) is 12.4. The number of carbonyl (C=O) groups is 1. The molecule has 71 heavy (non-hydrogen) atoms. The van der Waals surface area contributed by atoms with Crippen LogP contribution >= 0.6 is 12.2 Å². The third-order valence-electron chi connectivity index (χ3n) is 12.5. The summed E-state index contributed by atoms with van der Waals surface area (Å²) < 4.78 is 15.0. The number of rotatable bonds is 20. The summed E-state index contributed by atoms with van der Waals surface area (Å²) in [5, 5.41) is 35.1. The first-order valence-corrected chi connectivity index (χ1v) is 24.5. The number of aliphatic hydroxyl groups is 2. The van der Waals surface area contributed by atoms with Crippen LogP contribution in [0.2, 0.25) is 0 Å². The van der Waals surface area contributed by atoms with E-state index in [-0.39, 0.29) is 36.3 Å². The molecule has 13 heteroatoms. The maximum Gasteiger partial charge on any atom is 0.245 e. The van der Waals surface area contributed by atoms with Crippen LogP contribution in [0, 0.1) is 4.77 Å². The monoisotopic (exact) mass is 964 g/mol. The van der Waals surface area contributed by atoms with Crippen molar-refractivity contribution in [3.05, 3.63) is 167 Å². The fourth-order valence-corrected chi connectivity index (χ4v) is 8.81. The first-order valence-electron chi connectivity index (χ1n) is 24.1. The Balaban J connectivity index is 0.926. The smallest absolute Gasteiger partial charge is 0.245 e. The molecule has 8 aromatic rings. The van der Waals surface area contributed by atoms with Gasteiger partial charge < -0.3 is 35.5 Å². The van der Waals surface area contributed by atoms with Gasteiger partial charge in [-0.25, -0.2) is 14.6 Å². The van der Waals surface area contributed by atoms with E-state index in [0.717, 1.165) is 98.5 Å². The topological polar surface area (TPSA) is 156 Å². The second-order valence-corrected chi connectivity index (χ2v) is 17.6. The van der Waals surface area contributed by atoms with Gasteiger partial charge in [-0.2, -0.15) is 0 Å². The van der Waals surface area contributed by atoms with E-state index in [1.165, 1.54) is 16.4 Å². The van der Waals surface area contributed by atoms with Crippen LogP contribution in [-0.4, -0.2) is 73.4 Å². The van der Waals surface area contributed by atoms with E-state index in [9.17, 15) is 9.90 Å². The maximum atomic E-state index is 13.8. The van der Waals surface area contributed by atoms with Gasteiger partial charge in [0.15, 0.2) is 0 Å². The zero-order valence-corrected chi connectivity index (χ0v) is 40.4. The van der Waals surface area contributed by atoms with Gasteiger partial charge in [-0.05, 0) is 122 Å². The Morgan fingerprint density at radius 3 is 1.82 bits per heavy atom. The summed E-state index contributed by atoms with van der Waals surface area (Å²) in [6.45, 7) is 3.43. The Labute approximate surface area is 417 Å². The van der Waals surface area contributed by atoms with Gasteiger partial charge in [-0.1, -0.05) is 116 Å². The predicted octanol–water partition coefficient (Wildman–Crippen LogP) is 10.1. The molecule has 0 bridgehead atoms. The number of hydrogen-bond donors (Lipinski definition) is 5. The number of aliphatic hydroxyl groups excluding tert-OH is 2. The van der Waals surface area contributed by atoms with E-state index in [1.807, 2.05) is 115 Å². The van der Waals surface area contributed by atoms with Gasteiger partial charge in [0.05, 0.1) is 53.0 Å². The summed E-state index contributed by atoms with van der Waals surface area (Å²) in [6, 6.07) is 43.8. The molecule has 5 N–H and O–H groups in total. The highest BCUT2D eigenvalue weighted by atomic mass is 32.1. The van der Waals surface area contributed by atoms with Gasteiger partial charge >= 0.3 is 0 Å². The number of nitrogens with zero attached hydrogens (tertiary/aromatic N) is 4. The first kappa shape index (κ1) is 48.2.